The van der Waals surface area contributed by atoms with Gasteiger partial charge in [-0.25, -0.2) is 9.37 Å². The van der Waals surface area contributed by atoms with Crippen molar-refractivity contribution in [1.82, 2.24) is 4.98 Å². The Morgan fingerprint density at radius 2 is 2.07 bits per heavy atom. The second kappa shape index (κ2) is 7.28. The lowest BCUT2D eigenvalue weighted by molar-refractivity contribution is -0.118. The Morgan fingerprint density at radius 1 is 1.23 bits per heavy atom. The molecule has 0 atom stereocenters. The van der Waals surface area contributed by atoms with Gasteiger partial charge in [0, 0.05) is 23.1 Å². The van der Waals surface area contributed by atoms with E-state index in [0.29, 0.717) is 28.8 Å². The molecule has 0 unspecified atom stereocenters. The third kappa shape index (κ3) is 3.37. The van der Waals surface area contributed by atoms with Crippen LogP contribution < -0.4 is 19.5 Å². The molecule has 0 saturated heterocycles. The molecular formula is C22H19FN2O4S. The highest BCUT2D eigenvalue weighted by Crippen LogP contribution is 2.51. The average Bonchev–Trinajstić information content (AvgIpc) is 3.22. The molecule has 0 radical (unpaired) electrons. The number of benzene rings is 2. The van der Waals surface area contributed by atoms with Crippen molar-refractivity contribution in [1.29, 1.82) is 0 Å². The van der Waals surface area contributed by atoms with Crippen molar-refractivity contribution in [2.75, 3.05) is 19.2 Å². The number of nitrogens with one attached hydrogen (secondary N) is 1. The number of carbonyl (C=O) groups is 1. The van der Waals surface area contributed by atoms with Crippen LogP contribution in [0, 0.1) is 5.82 Å². The summed E-state index contributed by atoms with van der Waals surface area (Å²) in [6.07, 6.45) is 3.72. The van der Waals surface area contributed by atoms with Crippen LogP contribution in [0.1, 0.15) is 28.8 Å². The van der Waals surface area contributed by atoms with Gasteiger partial charge in [0.2, 0.25) is 12.7 Å². The Balaban J connectivity index is 1.31. The third-order valence-corrected chi connectivity index (χ3v) is 6.40. The summed E-state index contributed by atoms with van der Waals surface area (Å²) in [6, 6.07) is 10.1. The molecule has 154 valence electrons. The first-order valence-electron chi connectivity index (χ1n) is 9.56. The molecule has 0 spiro atoms. The van der Waals surface area contributed by atoms with Gasteiger partial charge in [0.05, 0.1) is 12.5 Å². The van der Waals surface area contributed by atoms with Gasteiger partial charge in [0.1, 0.15) is 11.6 Å². The predicted octanol–water partition coefficient (Wildman–Crippen LogP) is 4.28. The SMILES string of the molecule is COc1ccc(F)cc1Cc1cnc(NC(=O)C2(c3ccc4c(c3)OCO4)CC2)s1. The van der Waals surface area contributed by atoms with Crippen molar-refractivity contribution >= 4 is 22.4 Å². The fourth-order valence-electron chi connectivity index (χ4n) is 3.70. The Morgan fingerprint density at radius 3 is 2.87 bits per heavy atom. The molecule has 8 heteroatoms. The van der Waals surface area contributed by atoms with Gasteiger partial charge < -0.3 is 19.5 Å². The van der Waals surface area contributed by atoms with Gasteiger partial charge in [0.25, 0.3) is 0 Å². The van der Waals surface area contributed by atoms with Gasteiger partial charge in [-0.05, 0) is 48.7 Å². The molecule has 0 bridgehead atoms. The molecule has 1 amide bonds. The van der Waals surface area contributed by atoms with Gasteiger partial charge in [-0.1, -0.05) is 6.07 Å². The summed E-state index contributed by atoms with van der Waals surface area (Å²) < 4.78 is 29.7. The van der Waals surface area contributed by atoms with Gasteiger partial charge in [0.15, 0.2) is 16.6 Å². The molecule has 3 aromatic rings. The second-order valence-electron chi connectivity index (χ2n) is 7.37. The quantitative estimate of drug-likeness (QED) is 0.637. The van der Waals surface area contributed by atoms with Gasteiger partial charge >= 0.3 is 0 Å². The molecule has 2 aromatic carbocycles. The van der Waals surface area contributed by atoms with E-state index in [1.807, 2.05) is 18.2 Å². The second-order valence-corrected chi connectivity index (χ2v) is 8.48. The van der Waals surface area contributed by atoms with Crippen LogP contribution in [0.5, 0.6) is 17.2 Å². The third-order valence-electron chi connectivity index (χ3n) is 5.49. The number of amides is 1. The van der Waals surface area contributed by atoms with Crippen molar-refractivity contribution in [3.63, 3.8) is 0 Å². The van der Waals surface area contributed by atoms with Crippen LogP contribution >= 0.6 is 11.3 Å². The number of fused-ring (bicyclic) bond motifs is 1. The van der Waals surface area contributed by atoms with Crippen molar-refractivity contribution in [2.45, 2.75) is 24.7 Å². The van der Waals surface area contributed by atoms with E-state index in [9.17, 15) is 9.18 Å². The highest BCUT2D eigenvalue weighted by Gasteiger charge is 2.52. The highest BCUT2D eigenvalue weighted by atomic mass is 32.1. The smallest absolute Gasteiger partial charge is 0.236 e. The molecule has 1 fully saturated rings. The zero-order chi connectivity index (χ0) is 20.7. The Labute approximate surface area is 176 Å². The summed E-state index contributed by atoms with van der Waals surface area (Å²) in [4.78, 5) is 18.3. The average molecular weight is 426 g/mol. The Bertz CT molecular complexity index is 1130. The van der Waals surface area contributed by atoms with Crippen LogP contribution in [-0.2, 0) is 16.6 Å². The first kappa shape index (κ1) is 18.9. The minimum Gasteiger partial charge on any atom is -0.496 e. The van der Waals surface area contributed by atoms with Crippen LogP contribution in [-0.4, -0.2) is 24.8 Å². The molecule has 1 N–H and O–H groups in total. The number of halogens is 1. The number of anilines is 1. The number of methoxy groups -OCH3 is 1. The molecule has 30 heavy (non-hydrogen) atoms. The molecule has 2 aliphatic rings. The molecule has 5 rings (SSSR count). The summed E-state index contributed by atoms with van der Waals surface area (Å²) in [5, 5.41) is 3.47. The zero-order valence-corrected chi connectivity index (χ0v) is 17.1. The fourth-order valence-corrected chi connectivity index (χ4v) is 4.53. The maximum absolute atomic E-state index is 13.6. The van der Waals surface area contributed by atoms with Crippen LogP contribution in [0.25, 0.3) is 0 Å². The monoisotopic (exact) mass is 426 g/mol. The van der Waals surface area contributed by atoms with Crippen LogP contribution in [0.4, 0.5) is 9.52 Å². The molecular weight excluding hydrogens is 407 g/mol. The minimum absolute atomic E-state index is 0.0781. The molecule has 1 saturated carbocycles. The Hall–Kier alpha value is -3.13. The summed E-state index contributed by atoms with van der Waals surface area (Å²) in [6.45, 7) is 0.204. The normalized spacial score (nSPS) is 15.7. The largest absolute Gasteiger partial charge is 0.496 e. The number of thiazole rings is 1. The molecule has 1 aromatic heterocycles. The lowest BCUT2D eigenvalue weighted by Crippen LogP contribution is -2.27. The van der Waals surface area contributed by atoms with Crippen molar-refractivity contribution in [2.24, 2.45) is 0 Å². The Kier molecular flexibility index (Phi) is 4.58. The fraction of sp³-hybridized carbons (Fsp3) is 0.273. The van der Waals surface area contributed by atoms with Gasteiger partial charge in [-0.2, -0.15) is 0 Å². The van der Waals surface area contributed by atoms with E-state index >= 15 is 0 Å². The van der Waals surface area contributed by atoms with E-state index in [2.05, 4.69) is 10.3 Å². The molecule has 1 aliphatic heterocycles. The topological polar surface area (TPSA) is 69.7 Å². The van der Waals surface area contributed by atoms with E-state index in [1.54, 1.807) is 19.4 Å². The van der Waals surface area contributed by atoms with Gasteiger partial charge in [-0.15, -0.1) is 11.3 Å². The molecule has 1 aliphatic carbocycles. The van der Waals surface area contributed by atoms with Crippen molar-refractivity contribution in [3.8, 4) is 17.2 Å². The molecule has 2 heterocycles. The van der Waals surface area contributed by atoms with E-state index in [4.69, 9.17) is 14.2 Å². The lowest BCUT2D eigenvalue weighted by atomic mass is 9.94. The summed E-state index contributed by atoms with van der Waals surface area (Å²) in [7, 11) is 1.56. The number of hydrogen-bond donors (Lipinski definition) is 1. The van der Waals surface area contributed by atoms with Gasteiger partial charge in [-0.3, -0.25) is 4.79 Å². The van der Waals surface area contributed by atoms with E-state index in [0.717, 1.165) is 28.8 Å². The maximum Gasteiger partial charge on any atom is 0.236 e. The van der Waals surface area contributed by atoms with Crippen molar-refractivity contribution < 1.29 is 23.4 Å². The van der Waals surface area contributed by atoms with E-state index in [-0.39, 0.29) is 18.5 Å². The molecule has 6 nitrogen and oxygen atoms in total. The zero-order valence-electron chi connectivity index (χ0n) is 16.2. The van der Waals surface area contributed by atoms with Crippen LogP contribution in [0.3, 0.4) is 0 Å². The number of ether oxygens (including phenoxy) is 3. The first-order valence-corrected chi connectivity index (χ1v) is 10.4. The number of rotatable bonds is 6. The van der Waals surface area contributed by atoms with E-state index in [1.165, 1.54) is 23.5 Å². The summed E-state index contributed by atoms with van der Waals surface area (Å²) in [5.74, 6) is 1.60. The number of carbonyl (C=O) groups excluding carboxylic acids is 1. The first-order chi connectivity index (χ1) is 14.6. The van der Waals surface area contributed by atoms with Crippen LogP contribution in [0.15, 0.2) is 42.6 Å². The number of hydrogen-bond acceptors (Lipinski definition) is 6. The lowest BCUT2D eigenvalue weighted by Gasteiger charge is -2.15. The standard InChI is InChI=1S/C22H19FN2O4S/c1-27-17-5-3-15(23)8-13(17)9-16-11-24-21(30-16)25-20(26)22(6-7-22)14-2-4-18-19(10-14)29-12-28-18/h2-5,8,10-11H,6-7,9,12H2,1H3,(H,24,25,26). The minimum atomic E-state index is -0.557. The number of aromatic nitrogens is 1. The van der Waals surface area contributed by atoms with E-state index < -0.39 is 5.41 Å². The predicted molar refractivity (Wildman–Crippen MR) is 110 cm³/mol. The maximum atomic E-state index is 13.6. The summed E-state index contributed by atoms with van der Waals surface area (Å²) in [5.41, 5.74) is 1.10. The highest BCUT2D eigenvalue weighted by molar-refractivity contribution is 7.15. The van der Waals surface area contributed by atoms with Crippen molar-refractivity contribution in [3.05, 3.63) is 64.4 Å². The van der Waals surface area contributed by atoms with Crippen LogP contribution in [0.2, 0.25) is 0 Å². The summed E-state index contributed by atoms with van der Waals surface area (Å²) >= 11 is 1.37. The number of nitrogens with zero attached hydrogens (tertiary/aromatic N) is 1.